The Balaban J connectivity index is 2.21. The van der Waals surface area contributed by atoms with Crippen molar-refractivity contribution in [3.05, 3.63) is 59.4 Å². The third-order valence-electron chi connectivity index (χ3n) is 2.78. The summed E-state index contributed by atoms with van der Waals surface area (Å²) < 4.78 is 24.4. The number of carbonyl (C=O) groups is 1. The molecule has 104 valence electrons. The number of hydrogen-bond donors (Lipinski definition) is 0. The molecule has 4 heteroatoms. The van der Waals surface area contributed by atoms with Gasteiger partial charge in [-0.1, -0.05) is 12.1 Å². The summed E-state index contributed by atoms with van der Waals surface area (Å²) in [7, 11) is 1.60. The molecule has 2 aromatic rings. The van der Waals surface area contributed by atoms with Gasteiger partial charge in [-0.2, -0.15) is 0 Å². The second kappa shape index (κ2) is 6.30. The van der Waals surface area contributed by atoms with Gasteiger partial charge in [-0.05, 0) is 42.8 Å². The first-order valence-corrected chi connectivity index (χ1v) is 6.16. The van der Waals surface area contributed by atoms with Crippen molar-refractivity contribution in [2.24, 2.45) is 0 Å². The lowest BCUT2D eigenvalue weighted by molar-refractivity contribution is 0.101. The fourth-order valence-electron chi connectivity index (χ4n) is 1.79. The van der Waals surface area contributed by atoms with E-state index in [-0.39, 0.29) is 11.5 Å². The molecule has 0 saturated carbocycles. The third-order valence-corrected chi connectivity index (χ3v) is 2.78. The van der Waals surface area contributed by atoms with E-state index in [0.717, 1.165) is 5.56 Å². The summed E-state index contributed by atoms with van der Waals surface area (Å²) in [5.74, 6) is -0.133. The van der Waals surface area contributed by atoms with Gasteiger partial charge in [-0.15, -0.1) is 0 Å². The lowest BCUT2D eigenvalue weighted by atomic mass is 10.1. The van der Waals surface area contributed by atoms with Crippen LogP contribution in [0.4, 0.5) is 4.39 Å². The highest BCUT2D eigenvalue weighted by molar-refractivity contribution is 5.94. The molecule has 2 rings (SSSR count). The molecule has 0 saturated heterocycles. The van der Waals surface area contributed by atoms with Crippen molar-refractivity contribution in [1.82, 2.24) is 0 Å². The molecule has 0 aliphatic heterocycles. The molecule has 0 amide bonds. The second-order valence-corrected chi connectivity index (χ2v) is 4.38. The number of ether oxygens (including phenoxy) is 2. The van der Waals surface area contributed by atoms with Gasteiger partial charge in [0.15, 0.2) is 17.3 Å². The Morgan fingerprint density at radius 3 is 2.65 bits per heavy atom. The molecule has 0 aromatic heterocycles. The Bertz CT molecular complexity index is 623. The average molecular weight is 274 g/mol. The topological polar surface area (TPSA) is 35.5 Å². The van der Waals surface area contributed by atoms with Gasteiger partial charge in [0.25, 0.3) is 0 Å². The summed E-state index contributed by atoms with van der Waals surface area (Å²) >= 11 is 0. The van der Waals surface area contributed by atoms with E-state index < -0.39 is 5.82 Å². The van der Waals surface area contributed by atoms with Gasteiger partial charge < -0.3 is 9.47 Å². The van der Waals surface area contributed by atoms with Crippen molar-refractivity contribution < 1.29 is 18.7 Å². The quantitative estimate of drug-likeness (QED) is 0.774. The maximum atomic E-state index is 13.8. The first-order chi connectivity index (χ1) is 9.60. The largest absolute Gasteiger partial charge is 0.454 e. The van der Waals surface area contributed by atoms with E-state index in [1.54, 1.807) is 25.3 Å². The molecule has 0 bridgehead atoms. The van der Waals surface area contributed by atoms with Crippen molar-refractivity contribution >= 4 is 5.78 Å². The molecule has 2 aromatic carbocycles. The summed E-state index contributed by atoms with van der Waals surface area (Å²) in [5.41, 5.74) is 1.26. The first-order valence-electron chi connectivity index (χ1n) is 6.16. The maximum Gasteiger partial charge on any atom is 0.166 e. The molecule has 3 nitrogen and oxygen atoms in total. The highest BCUT2D eigenvalue weighted by atomic mass is 19.1. The number of hydrogen-bond acceptors (Lipinski definition) is 3. The molecular formula is C16H15FO3. The van der Waals surface area contributed by atoms with E-state index in [2.05, 4.69) is 0 Å². The second-order valence-electron chi connectivity index (χ2n) is 4.38. The van der Waals surface area contributed by atoms with E-state index in [1.807, 2.05) is 12.1 Å². The average Bonchev–Trinajstić information content (AvgIpc) is 2.42. The van der Waals surface area contributed by atoms with E-state index in [0.29, 0.717) is 17.9 Å². The van der Waals surface area contributed by atoms with Crippen molar-refractivity contribution in [3.8, 4) is 11.5 Å². The van der Waals surface area contributed by atoms with Crippen LogP contribution in [0.5, 0.6) is 11.5 Å². The molecule has 0 aliphatic rings. The SMILES string of the molecule is COCc1cccc(Oc2ccc(C(C)=O)cc2F)c1. The van der Waals surface area contributed by atoms with Gasteiger partial charge >= 0.3 is 0 Å². The summed E-state index contributed by atoms with van der Waals surface area (Å²) in [6.45, 7) is 1.85. The fraction of sp³-hybridized carbons (Fsp3) is 0.188. The van der Waals surface area contributed by atoms with Crippen molar-refractivity contribution in [1.29, 1.82) is 0 Å². The Labute approximate surface area is 117 Å². The Kier molecular flexibility index (Phi) is 4.48. The minimum Gasteiger partial charge on any atom is -0.454 e. The molecule has 0 atom stereocenters. The molecule has 0 fully saturated rings. The van der Waals surface area contributed by atoms with E-state index >= 15 is 0 Å². The summed E-state index contributed by atoms with van der Waals surface area (Å²) in [5, 5.41) is 0. The van der Waals surface area contributed by atoms with Crippen LogP contribution in [0, 0.1) is 5.82 Å². The number of carbonyl (C=O) groups excluding carboxylic acids is 1. The number of benzene rings is 2. The van der Waals surface area contributed by atoms with Crippen LogP contribution in [0.2, 0.25) is 0 Å². The highest BCUT2D eigenvalue weighted by Crippen LogP contribution is 2.26. The molecule has 0 N–H and O–H groups in total. The summed E-state index contributed by atoms with van der Waals surface area (Å²) in [4.78, 5) is 11.2. The molecule has 0 heterocycles. The van der Waals surface area contributed by atoms with Crippen LogP contribution >= 0.6 is 0 Å². The Morgan fingerprint density at radius 2 is 2.00 bits per heavy atom. The zero-order valence-electron chi connectivity index (χ0n) is 11.4. The van der Waals surface area contributed by atoms with Crippen molar-refractivity contribution in [2.45, 2.75) is 13.5 Å². The van der Waals surface area contributed by atoms with Crippen LogP contribution < -0.4 is 4.74 Å². The van der Waals surface area contributed by atoms with Crippen LogP contribution in [0.15, 0.2) is 42.5 Å². The van der Waals surface area contributed by atoms with E-state index in [9.17, 15) is 9.18 Å². The van der Waals surface area contributed by atoms with Crippen LogP contribution in [0.25, 0.3) is 0 Å². The lowest BCUT2D eigenvalue weighted by Gasteiger charge is -2.09. The highest BCUT2D eigenvalue weighted by Gasteiger charge is 2.08. The van der Waals surface area contributed by atoms with Crippen LogP contribution in [0.1, 0.15) is 22.8 Å². The zero-order valence-corrected chi connectivity index (χ0v) is 11.4. The van der Waals surface area contributed by atoms with Crippen LogP contribution in [0.3, 0.4) is 0 Å². The number of halogens is 1. The Morgan fingerprint density at radius 1 is 1.20 bits per heavy atom. The molecule has 0 radical (unpaired) electrons. The molecule has 0 unspecified atom stereocenters. The molecular weight excluding hydrogens is 259 g/mol. The third kappa shape index (κ3) is 3.42. The van der Waals surface area contributed by atoms with E-state index in [4.69, 9.17) is 9.47 Å². The molecule has 20 heavy (non-hydrogen) atoms. The summed E-state index contributed by atoms with van der Waals surface area (Å²) in [6.07, 6.45) is 0. The number of methoxy groups -OCH3 is 1. The van der Waals surface area contributed by atoms with Crippen molar-refractivity contribution in [3.63, 3.8) is 0 Å². The van der Waals surface area contributed by atoms with E-state index in [1.165, 1.54) is 19.1 Å². The minimum atomic E-state index is -0.560. The van der Waals surface area contributed by atoms with Crippen LogP contribution in [-0.2, 0) is 11.3 Å². The van der Waals surface area contributed by atoms with Gasteiger partial charge in [-0.25, -0.2) is 4.39 Å². The van der Waals surface area contributed by atoms with Gasteiger partial charge in [0.05, 0.1) is 6.61 Å². The van der Waals surface area contributed by atoms with Gasteiger partial charge in [0, 0.05) is 12.7 Å². The van der Waals surface area contributed by atoms with Crippen LogP contribution in [-0.4, -0.2) is 12.9 Å². The molecule has 0 spiro atoms. The lowest BCUT2D eigenvalue weighted by Crippen LogP contribution is -1.95. The van der Waals surface area contributed by atoms with Gasteiger partial charge in [-0.3, -0.25) is 4.79 Å². The predicted molar refractivity (Wildman–Crippen MR) is 73.6 cm³/mol. The smallest absolute Gasteiger partial charge is 0.166 e. The van der Waals surface area contributed by atoms with Crippen molar-refractivity contribution in [2.75, 3.05) is 7.11 Å². The van der Waals surface area contributed by atoms with Gasteiger partial charge in [0.1, 0.15) is 5.75 Å². The zero-order chi connectivity index (χ0) is 14.5. The predicted octanol–water partition coefficient (Wildman–Crippen LogP) is 3.97. The number of Topliss-reactive ketones (excluding diaryl/α,β-unsaturated/α-hetero) is 1. The Hall–Kier alpha value is -2.20. The fourth-order valence-corrected chi connectivity index (χ4v) is 1.79. The minimum absolute atomic E-state index is 0.0876. The molecule has 0 aliphatic carbocycles. The standard InChI is InChI=1S/C16H15FO3/c1-11(18)13-6-7-16(15(17)9-13)20-14-5-3-4-12(8-14)10-19-2/h3-9H,10H2,1-2H3. The normalized spacial score (nSPS) is 10.3. The summed E-state index contributed by atoms with van der Waals surface area (Å²) in [6, 6.07) is 11.4. The number of rotatable bonds is 5. The maximum absolute atomic E-state index is 13.8. The first kappa shape index (κ1) is 14.2. The number of ketones is 1. The van der Waals surface area contributed by atoms with Gasteiger partial charge in [0.2, 0.25) is 0 Å². The monoisotopic (exact) mass is 274 g/mol.